The van der Waals surface area contributed by atoms with Crippen LogP contribution >= 0.6 is 0 Å². The smallest absolute Gasteiger partial charge is 0.272 e. The number of aromatic amines is 1. The van der Waals surface area contributed by atoms with Gasteiger partial charge in [-0.1, -0.05) is 25.1 Å². The van der Waals surface area contributed by atoms with Gasteiger partial charge in [-0.15, -0.1) is 0 Å². The van der Waals surface area contributed by atoms with Crippen molar-refractivity contribution in [1.29, 1.82) is 0 Å². The molecule has 2 heterocycles. The first kappa shape index (κ1) is 22.0. The van der Waals surface area contributed by atoms with Crippen molar-refractivity contribution in [2.45, 2.75) is 25.9 Å². The summed E-state index contributed by atoms with van der Waals surface area (Å²) in [6.07, 6.45) is 0.469. The molecule has 2 aromatic heterocycles. The maximum atomic E-state index is 13.6. The van der Waals surface area contributed by atoms with Crippen LogP contribution in [0.25, 0.3) is 22.0 Å². The molecule has 1 amide bonds. The van der Waals surface area contributed by atoms with Gasteiger partial charge in [-0.2, -0.15) is 10.2 Å². The molecule has 1 atom stereocenters. The second kappa shape index (κ2) is 9.11. The highest BCUT2D eigenvalue weighted by atomic mass is 19.2. The van der Waals surface area contributed by atoms with Crippen LogP contribution in [0.1, 0.15) is 23.8 Å². The van der Waals surface area contributed by atoms with E-state index in [-0.39, 0.29) is 17.9 Å². The van der Waals surface area contributed by atoms with Gasteiger partial charge in [0.25, 0.3) is 17.0 Å². The van der Waals surface area contributed by atoms with Gasteiger partial charge >= 0.3 is 0 Å². The lowest BCUT2D eigenvalue weighted by Gasteiger charge is -2.18. The quantitative estimate of drug-likeness (QED) is 0.468. The van der Waals surface area contributed by atoms with Crippen LogP contribution < -0.4 is 16.4 Å². The summed E-state index contributed by atoms with van der Waals surface area (Å²) in [5, 5.41) is 14.0. The predicted octanol–water partition coefficient (Wildman–Crippen LogP) is 2.63. The van der Waals surface area contributed by atoms with Crippen molar-refractivity contribution in [3.05, 3.63) is 92.6 Å². The zero-order valence-corrected chi connectivity index (χ0v) is 17.5. The lowest BCUT2D eigenvalue weighted by Crippen LogP contribution is -2.41. The minimum atomic E-state index is -1.02. The molecular formula is C23H19F2N5O3. The number of amides is 1. The fraction of sp³-hybridized carbons (Fsp3) is 0.174. The second-order valence-corrected chi connectivity index (χ2v) is 7.39. The van der Waals surface area contributed by atoms with E-state index in [1.54, 1.807) is 24.3 Å². The number of halogens is 2. The summed E-state index contributed by atoms with van der Waals surface area (Å²) in [5.41, 5.74) is -0.174. The van der Waals surface area contributed by atoms with Crippen LogP contribution in [0, 0.1) is 11.6 Å². The van der Waals surface area contributed by atoms with Crippen LogP contribution in [0.3, 0.4) is 0 Å². The average Bonchev–Trinajstić information content (AvgIpc) is 2.82. The number of aromatic nitrogens is 4. The van der Waals surface area contributed by atoms with Crippen molar-refractivity contribution >= 4 is 16.7 Å². The summed E-state index contributed by atoms with van der Waals surface area (Å²) in [7, 11) is 0. The summed E-state index contributed by atoms with van der Waals surface area (Å²) in [5.74, 6) is -2.52. The highest BCUT2D eigenvalue weighted by molar-refractivity contribution is 6.04. The van der Waals surface area contributed by atoms with Crippen LogP contribution in [0.2, 0.25) is 0 Å². The predicted molar refractivity (Wildman–Crippen MR) is 118 cm³/mol. The Kier molecular flexibility index (Phi) is 6.07. The molecule has 8 nitrogen and oxygen atoms in total. The zero-order valence-electron chi connectivity index (χ0n) is 17.5. The first-order valence-corrected chi connectivity index (χ1v) is 10.2. The van der Waals surface area contributed by atoms with E-state index < -0.39 is 34.7 Å². The van der Waals surface area contributed by atoms with Crippen LogP contribution in [-0.2, 0) is 6.54 Å². The third-order valence-electron chi connectivity index (χ3n) is 5.21. The van der Waals surface area contributed by atoms with Crippen LogP contribution in [0.15, 0.2) is 64.2 Å². The van der Waals surface area contributed by atoms with Crippen LogP contribution in [0.4, 0.5) is 8.78 Å². The number of carbonyl (C=O) groups excluding carboxylic acids is 1. The van der Waals surface area contributed by atoms with Gasteiger partial charge in [0.05, 0.1) is 17.6 Å². The number of fused-ring (bicyclic) bond motifs is 1. The van der Waals surface area contributed by atoms with Crippen molar-refractivity contribution in [2.24, 2.45) is 0 Å². The minimum Gasteiger partial charge on any atom is -0.346 e. The number of carbonyl (C=O) groups is 1. The van der Waals surface area contributed by atoms with Gasteiger partial charge in [0.15, 0.2) is 17.3 Å². The van der Waals surface area contributed by atoms with Crippen molar-refractivity contribution in [2.75, 3.05) is 0 Å². The Balaban J connectivity index is 1.59. The Morgan fingerprint density at radius 3 is 2.55 bits per heavy atom. The molecule has 4 rings (SSSR count). The van der Waals surface area contributed by atoms with Crippen molar-refractivity contribution in [3.63, 3.8) is 0 Å². The SMILES string of the molecule is CC[C@H](Cn1nc(-c2ccc(F)c(F)c2)ccc1=O)NC(=O)c1n[nH]c(=O)c2ccccc12. The molecule has 0 saturated carbocycles. The molecule has 0 radical (unpaired) electrons. The molecule has 4 aromatic rings. The van der Waals surface area contributed by atoms with E-state index in [4.69, 9.17) is 0 Å². The minimum absolute atomic E-state index is 0.0415. The van der Waals surface area contributed by atoms with E-state index in [2.05, 4.69) is 20.6 Å². The van der Waals surface area contributed by atoms with E-state index in [9.17, 15) is 23.2 Å². The molecular weight excluding hydrogens is 432 g/mol. The summed E-state index contributed by atoms with van der Waals surface area (Å²) < 4.78 is 28.0. The summed E-state index contributed by atoms with van der Waals surface area (Å²) in [6, 6.07) is 12.2. The third kappa shape index (κ3) is 4.54. The van der Waals surface area contributed by atoms with E-state index in [1.807, 2.05) is 6.92 Å². The van der Waals surface area contributed by atoms with Crippen molar-refractivity contribution in [3.8, 4) is 11.3 Å². The Morgan fingerprint density at radius 1 is 1.06 bits per heavy atom. The van der Waals surface area contributed by atoms with Gasteiger partial charge < -0.3 is 5.32 Å². The monoisotopic (exact) mass is 451 g/mol. The zero-order chi connectivity index (χ0) is 23.5. The molecule has 2 N–H and O–H groups in total. The van der Waals surface area contributed by atoms with Gasteiger partial charge in [-0.3, -0.25) is 14.4 Å². The number of rotatable bonds is 6. The molecule has 33 heavy (non-hydrogen) atoms. The van der Waals surface area contributed by atoms with Crippen molar-refractivity contribution < 1.29 is 13.6 Å². The highest BCUT2D eigenvalue weighted by Gasteiger charge is 2.19. The number of hydrogen-bond donors (Lipinski definition) is 2. The Hall–Kier alpha value is -4.21. The van der Waals surface area contributed by atoms with Gasteiger partial charge in [-0.05, 0) is 36.8 Å². The molecule has 0 saturated heterocycles. The number of nitrogens with zero attached hydrogens (tertiary/aromatic N) is 3. The van der Waals surface area contributed by atoms with E-state index >= 15 is 0 Å². The number of nitrogens with one attached hydrogen (secondary N) is 2. The average molecular weight is 451 g/mol. The highest BCUT2D eigenvalue weighted by Crippen LogP contribution is 2.18. The molecule has 0 spiro atoms. The Morgan fingerprint density at radius 2 is 1.82 bits per heavy atom. The molecule has 2 aromatic carbocycles. The Bertz CT molecular complexity index is 1460. The molecule has 0 bridgehead atoms. The summed E-state index contributed by atoms with van der Waals surface area (Å²) >= 11 is 0. The van der Waals surface area contributed by atoms with Gasteiger partial charge in [0.1, 0.15) is 0 Å². The van der Waals surface area contributed by atoms with Gasteiger partial charge in [0.2, 0.25) is 0 Å². The third-order valence-corrected chi connectivity index (χ3v) is 5.21. The number of benzene rings is 2. The largest absolute Gasteiger partial charge is 0.346 e. The van der Waals surface area contributed by atoms with Gasteiger partial charge in [-0.25, -0.2) is 18.6 Å². The van der Waals surface area contributed by atoms with E-state index in [1.165, 1.54) is 18.2 Å². The Labute approximate surface area is 185 Å². The molecule has 10 heteroatoms. The maximum absolute atomic E-state index is 13.6. The lowest BCUT2D eigenvalue weighted by molar-refractivity contribution is 0.0926. The van der Waals surface area contributed by atoms with Gasteiger partial charge in [0, 0.05) is 23.1 Å². The van der Waals surface area contributed by atoms with Crippen LogP contribution in [-0.4, -0.2) is 31.9 Å². The van der Waals surface area contributed by atoms with Crippen LogP contribution in [0.5, 0.6) is 0 Å². The first-order valence-electron chi connectivity index (χ1n) is 10.2. The molecule has 0 aliphatic heterocycles. The maximum Gasteiger partial charge on any atom is 0.272 e. The second-order valence-electron chi connectivity index (χ2n) is 7.39. The number of H-pyrrole nitrogens is 1. The van der Waals surface area contributed by atoms with E-state index in [0.717, 1.165) is 16.8 Å². The molecule has 0 aliphatic rings. The normalized spacial score (nSPS) is 12.0. The molecule has 0 fully saturated rings. The molecule has 168 valence electrons. The summed E-state index contributed by atoms with van der Waals surface area (Å²) in [6.45, 7) is 1.87. The summed E-state index contributed by atoms with van der Waals surface area (Å²) in [4.78, 5) is 37.2. The van der Waals surface area contributed by atoms with E-state index in [0.29, 0.717) is 22.8 Å². The molecule has 0 unspecified atom stereocenters. The molecule has 0 aliphatic carbocycles. The lowest BCUT2D eigenvalue weighted by atomic mass is 10.1. The topological polar surface area (TPSA) is 110 Å². The fourth-order valence-electron chi connectivity index (χ4n) is 3.42. The number of hydrogen-bond acceptors (Lipinski definition) is 5. The van der Waals surface area contributed by atoms with Crippen molar-refractivity contribution in [1.82, 2.24) is 25.3 Å². The first-order chi connectivity index (χ1) is 15.9. The standard InChI is InChI=1S/C23H19F2N5O3/c1-2-14(26-23(33)21-15-5-3-4-6-16(15)22(32)28-27-21)12-30-20(31)10-9-19(29-30)13-7-8-17(24)18(25)11-13/h3-11,14H,2,12H2,1H3,(H,26,33)(H,28,32)/t14-/m1/s1. The fourth-order valence-corrected chi connectivity index (χ4v) is 3.42.